The minimum Gasteiger partial charge on any atom is -0.382 e. The van der Waals surface area contributed by atoms with Crippen LogP contribution < -0.4 is 5.32 Å². The fourth-order valence-electron chi connectivity index (χ4n) is 2.57. The summed E-state index contributed by atoms with van der Waals surface area (Å²) in [7, 11) is 0. The Kier molecular flexibility index (Phi) is 6.84. The Balaban J connectivity index is 2.29. The van der Waals surface area contributed by atoms with Crippen LogP contribution in [0.2, 0.25) is 0 Å². The molecule has 110 valence electrons. The van der Waals surface area contributed by atoms with Crippen LogP contribution in [0.3, 0.4) is 0 Å². The number of hydrogen-bond donors (Lipinski definition) is 1. The van der Waals surface area contributed by atoms with Crippen molar-refractivity contribution in [1.29, 1.82) is 0 Å². The SMILES string of the molecule is CCOCCCNC(=O)C(=O)N1CC(C)CC(C)C1. The first-order valence-corrected chi connectivity index (χ1v) is 7.19. The van der Waals surface area contributed by atoms with Crippen molar-refractivity contribution in [1.82, 2.24) is 10.2 Å². The van der Waals surface area contributed by atoms with Crippen molar-refractivity contribution in [3.8, 4) is 0 Å². The quantitative estimate of drug-likeness (QED) is 0.600. The van der Waals surface area contributed by atoms with Gasteiger partial charge in [0.2, 0.25) is 0 Å². The van der Waals surface area contributed by atoms with E-state index < -0.39 is 11.8 Å². The van der Waals surface area contributed by atoms with E-state index in [4.69, 9.17) is 4.74 Å². The molecule has 0 aliphatic carbocycles. The highest BCUT2D eigenvalue weighted by Crippen LogP contribution is 2.20. The fourth-order valence-corrected chi connectivity index (χ4v) is 2.57. The number of likely N-dealkylation sites (tertiary alicyclic amines) is 1. The highest BCUT2D eigenvalue weighted by Gasteiger charge is 2.28. The van der Waals surface area contributed by atoms with Crippen LogP contribution in [0.5, 0.6) is 0 Å². The van der Waals surface area contributed by atoms with Gasteiger partial charge in [-0.15, -0.1) is 0 Å². The molecular weight excluding hydrogens is 244 g/mol. The highest BCUT2D eigenvalue weighted by molar-refractivity contribution is 6.35. The van der Waals surface area contributed by atoms with Gasteiger partial charge in [-0.25, -0.2) is 0 Å². The van der Waals surface area contributed by atoms with E-state index in [-0.39, 0.29) is 0 Å². The summed E-state index contributed by atoms with van der Waals surface area (Å²) < 4.78 is 5.17. The first-order chi connectivity index (χ1) is 9.04. The van der Waals surface area contributed by atoms with Crippen LogP contribution in [0.25, 0.3) is 0 Å². The summed E-state index contributed by atoms with van der Waals surface area (Å²) in [5.41, 5.74) is 0. The third-order valence-corrected chi connectivity index (χ3v) is 3.31. The zero-order valence-electron chi connectivity index (χ0n) is 12.3. The van der Waals surface area contributed by atoms with Gasteiger partial charge in [-0.2, -0.15) is 0 Å². The lowest BCUT2D eigenvalue weighted by atomic mass is 9.92. The monoisotopic (exact) mass is 270 g/mol. The van der Waals surface area contributed by atoms with Crippen LogP contribution >= 0.6 is 0 Å². The van der Waals surface area contributed by atoms with Crippen molar-refractivity contribution >= 4 is 11.8 Å². The van der Waals surface area contributed by atoms with E-state index in [1.807, 2.05) is 6.92 Å². The van der Waals surface area contributed by atoms with Crippen LogP contribution in [0.4, 0.5) is 0 Å². The molecule has 0 radical (unpaired) electrons. The zero-order valence-corrected chi connectivity index (χ0v) is 12.3. The normalized spacial score (nSPS) is 23.2. The fraction of sp³-hybridized carbons (Fsp3) is 0.857. The van der Waals surface area contributed by atoms with Crippen molar-refractivity contribution < 1.29 is 14.3 Å². The highest BCUT2D eigenvalue weighted by atomic mass is 16.5. The second kappa shape index (κ2) is 8.15. The van der Waals surface area contributed by atoms with Gasteiger partial charge >= 0.3 is 11.8 Å². The molecule has 2 atom stereocenters. The number of nitrogens with zero attached hydrogens (tertiary/aromatic N) is 1. The smallest absolute Gasteiger partial charge is 0.311 e. The second-order valence-corrected chi connectivity index (χ2v) is 5.46. The summed E-state index contributed by atoms with van der Waals surface area (Å²) in [6.07, 6.45) is 1.86. The van der Waals surface area contributed by atoms with E-state index in [2.05, 4.69) is 19.2 Å². The molecule has 0 aromatic heterocycles. The summed E-state index contributed by atoms with van der Waals surface area (Å²) in [6.45, 7) is 9.33. The molecular formula is C14H26N2O3. The van der Waals surface area contributed by atoms with Crippen LogP contribution in [-0.4, -0.2) is 49.6 Å². The van der Waals surface area contributed by atoms with Crippen LogP contribution in [0.15, 0.2) is 0 Å². The van der Waals surface area contributed by atoms with Crippen LogP contribution in [0.1, 0.15) is 33.6 Å². The molecule has 0 aromatic rings. The van der Waals surface area contributed by atoms with Crippen molar-refractivity contribution in [2.24, 2.45) is 11.8 Å². The van der Waals surface area contributed by atoms with E-state index in [0.717, 1.165) is 12.8 Å². The topological polar surface area (TPSA) is 58.6 Å². The number of amides is 2. The minimum atomic E-state index is -0.488. The Bertz CT molecular complexity index is 297. The molecule has 2 unspecified atom stereocenters. The zero-order chi connectivity index (χ0) is 14.3. The standard InChI is InChI=1S/C14H26N2O3/c1-4-19-7-5-6-15-13(17)14(18)16-9-11(2)8-12(3)10-16/h11-12H,4-10H2,1-3H3,(H,15,17). The van der Waals surface area contributed by atoms with E-state index in [1.165, 1.54) is 0 Å². The van der Waals surface area contributed by atoms with E-state index >= 15 is 0 Å². The third kappa shape index (κ3) is 5.59. The second-order valence-electron chi connectivity index (χ2n) is 5.46. The van der Waals surface area contributed by atoms with Gasteiger partial charge in [0.1, 0.15) is 0 Å². The Hall–Kier alpha value is -1.10. The van der Waals surface area contributed by atoms with E-state index in [0.29, 0.717) is 44.7 Å². The molecule has 0 saturated carbocycles. The van der Waals surface area contributed by atoms with E-state index in [9.17, 15) is 9.59 Å². The van der Waals surface area contributed by atoms with Crippen molar-refractivity contribution in [2.45, 2.75) is 33.6 Å². The number of rotatable bonds is 5. The molecule has 1 aliphatic heterocycles. The predicted octanol–water partition coefficient (Wildman–Crippen LogP) is 1.03. The van der Waals surface area contributed by atoms with Gasteiger partial charge in [-0.05, 0) is 31.6 Å². The summed E-state index contributed by atoms with van der Waals surface area (Å²) in [5, 5.41) is 2.66. The van der Waals surface area contributed by atoms with E-state index in [1.54, 1.807) is 4.90 Å². The van der Waals surface area contributed by atoms with Gasteiger partial charge in [-0.1, -0.05) is 13.8 Å². The van der Waals surface area contributed by atoms with Gasteiger partial charge in [0.15, 0.2) is 0 Å². The number of piperidine rings is 1. The van der Waals surface area contributed by atoms with Gasteiger partial charge in [-0.3, -0.25) is 9.59 Å². The maximum Gasteiger partial charge on any atom is 0.311 e. The van der Waals surface area contributed by atoms with Gasteiger partial charge in [0.25, 0.3) is 0 Å². The van der Waals surface area contributed by atoms with Crippen molar-refractivity contribution in [3.05, 3.63) is 0 Å². The lowest BCUT2D eigenvalue weighted by Crippen LogP contribution is -2.49. The number of carbonyl (C=O) groups is 2. The molecule has 0 spiro atoms. The van der Waals surface area contributed by atoms with Crippen LogP contribution in [0, 0.1) is 11.8 Å². The molecule has 1 fully saturated rings. The summed E-state index contributed by atoms with van der Waals surface area (Å²) in [6, 6.07) is 0. The predicted molar refractivity (Wildman–Crippen MR) is 73.6 cm³/mol. The first kappa shape index (κ1) is 16.0. The Morgan fingerprint density at radius 1 is 1.26 bits per heavy atom. The molecule has 1 heterocycles. The molecule has 19 heavy (non-hydrogen) atoms. The van der Waals surface area contributed by atoms with Crippen molar-refractivity contribution in [2.75, 3.05) is 32.8 Å². The van der Waals surface area contributed by atoms with Crippen LogP contribution in [-0.2, 0) is 14.3 Å². The Labute approximate surface area is 115 Å². The maximum absolute atomic E-state index is 12.0. The van der Waals surface area contributed by atoms with Gasteiger partial charge in [0, 0.05) is 32.8 Å². The molecule has 5 nitrogen and oxygen atoms in total. The lowest BCUT2D eigenvalue weighted by molar-refractivity contribution is -0.147. The number of hydrogen-bond acceptors (Lipinski definition) is 3. The summed E-state index contributed by atoms with van der Waals surface area (Å²) in [5.74, 6) is 0.0597. The van der Waals surface area contributed by atoms with Crippen molar-refractivity contribution in [3.63, 3.8) is 0 Å². The number of carbonyl (C=O) groups excluding carboxylic acids is 2. The summed E-state index contributed by atoms with van der Waals surface area (Å²) >= 11 is 0. The molecule has 0 aromatic carbocycles. The molecule has 0 bridgehead atoms. The molecule has 1 saturated heterocycles. The summed E-state index contributed by atoms with van der Waals surface area (Å²) in [4.78, 5) is 25.4. The largest absolute Gasteiger partial charge is 0.382 e. The van der Waals surface area contributed by atoms with Gasteiger partial charge < -0.3 is 15.0 Å². The maximum atomic E-state index is 12.0. The average molecular weight is 270 g/mol. The first-order valence-electron chi connectivity index (χ1n) is 7.19. The lowest BCUT2D eigenvalue weighted by Gasteiger charge is -2.34. The third-order valence-electron chi connectivity index (χ3n) is 3.31. The molecule has 1 rings (SSSR count). The van der Waals surface area contributed by atoms with Gasteiger partial charge in [0.05, 0.1) is 0 Å². The number of ether oxygens (including phenoxy) is 1. The minimum absolute atomic E-state index is 0.394. The Morgan fingerprint density at radius 2 is 1.89 bits per heavy atom. The molecule has 1 N–H and O–H groups in total. The molecule has 1 aliphatic rings. The Morgan fingerprint density at radius 3 is 2.47 bits per heavy atom. The molecule has 2 amide bonds. The molecule has 5 heteroatoms. The number of nitrogens with one attached hydrogen (secondary N) is 1. The average Bonchev–Trinajstić information content (AvgIpc) is 2.36.